The molecular formula is C23H24F3NO3. The first kappa shape index (κ1) is 21.9. The van der Waals surface area contributed by atoms with E-state index in [2.05, 4.69) is 0 Å². The minimum atomic E-state index is -4.49. The molecule has 4 nitrogen and oxygen atoms in total. The molecule has 3 rings (SSSR count). The number of amides is 1. The number of alkyl halides is 3. The van der Waals surface area contributed by atoms with Crippen molar-refractivity contribution in [1.29, 1.82) is 0 Å². The lowest BCUT2D eigenvalue weighted by atomic mass is 9.75. The number of aldehydes is 1. The number of rotatable bonds is 5. The van der Waals surface area contributed by atoms with Crippen LogP contribution < -0.4 is 9.64 Å². The summed E-state index contributed by atoms with van der Waals surface area (Å²) in [6.45, 7) is 6.79. The third-order valence-corrected chi connectivity index (χ3v) is 5.39. The Morgan fingerprint density at radius 3 is 2.47 bits per heavy atom. The molecule has 0 saturated heterocycles. The van der Waals surface area contributed by atoms with Crippen molar-refractivity contribution in [2.24, 2.45) is 0 Å². The fourth-order valence-electron chi connectivity index (χ4n) is 3.92. The van der Waals surface area contributed by atoms with Crippen LogP contribution in [0.5, 0.6) is 5.75 Å². The Morgan fingerprint density at radius 1 is 1.17 bits per heavy atom. The van der Waals surface area contributed by atoms with E-state index in [-0.39, 0.29) is 17.1 Å². The topological polar surface area (TPSA) is 46.6 Å². The average molecular weight is 419 g/mol. The number of aryl methyl sites for hydroxylation is 1. The number of anilines is 1. The number of hydrogen-bond donors (Lipinski definition) is 0. The van der Waals surface area contributed by atoms with Gasteiger partial charge in [0.05, 0.1) is 0 Å². The van der Waals surface area contributed by atoms with Gasteiger partial charge in [-0.1, -0.05) is 19.9 Å². The second-order valence-corrected chi connectivity index (χ2v) is 8.16. The van der Waals surface area contributed by atoms with E-state index in [1.165, 1.54) is 18.2 Å². The molecule has 0 unspecified atom stereocenters. The molecule has 1 heterocycles. The second-order valence-electron chi connectivity index (χ2n) is 8.16. The van der Waals surface area contributed by atoms with Crippen LogP contribution in [-0.4, -0.2) is 31.5 Å². The van der Waals surface area contributed by atoms with Crippen LogP contribution in [0.2, 0.25) is 0 Å². The van der Waals surface area contributed by atoms with Gasteiger partial charge < -0.3 is 9.64 Å². The van der Waals surface area contributed by atoms with Gasteiger partial charge in [0.2, 0.25) is 5.91 Å². The fourth-order valence-corrected chi connectivity index (χ4v) is 3.92. The molecule has 2 aromatic carbocycles. The van der Waals surface area contributed by atoms with Crippen molar-refractivity contribution in [2.75, 3.05) is 18.1 Å². The van der Waals surface area contributed by atoms with Crippen molar-refractivity contribution in [3.8, 4) is 16.9 Å². The Kier molecular flexibility index (Phi) is 5.67. The molecule has 0 aliphatic carbocycles. The van der Waals surface area contributed by atoms with Gasteiger partial charge in [0.25, 0.3) is 0 Å². The van der Waals surface area contributed by atoms with Crippen molar-refractivity contribution >= 4 is 17.9 Å². The van der Waals surface area contributed by atoms with Crippen LogP contribution in [0.4, 0.5) is 18.9 Å². The van der Waals surface area contributed by atoms with Gasteiger partial charge in [-0.3, -0.25) is 9.59 Å². The third-order valence-electron chi connectivity index (χ3n) is 5.39. The molecule has 2 aromatic rings. The van der Waals surface area contributed by atoms with E-state index in [4.69, 9.17) is 4.74 Å². The summed E-state index contributed by atoms with van der Waals surface area (Å²) >= 11 is 0. The largest absolute Gasteiger partial charge is 0.483 e. The Balaban J connectivity index is 2.20. The SMILES string of the molecule is CCN1C(=O)CC(C)(C)c2cc(C)c(-c3cc(C=O)ccc3OCC(F)(F)F)cc21. The Hall–Kier alpha value is -2.83. The highest BCUT2D eigenvalue weighted by atomic mass is 19.4. The predicted molar refractivity (Wildman–Crippen MR) is 109 cm³/mol. The number of nitrogens with zero attached hydrogens (tertiary/aromatic N) is 1. The summed E-state index contributed by atoms with van der Waals surface area (Å²) in [6.07, 6.45) is -3.47. The molecule has 7 heteroatoms. The molecule has 30 heavy (non-hydrogen) atoms. The molecule has 1 aliphatic heterocycles. The highest BCUT2D eigenvalue weighted by Crippen LogP contribution is 2.45. The van der Waals surface area contributed by atoms with Crippen molar-refractivity contribution < 1.29 is 27.5 Å². The van der Waals surface area contributed by atoms with Gasteiger partial charge >= 0.3 is 6.18 Å². The van der Waals surface area contributed by atoms with Crippen molar-refractivity contribution in [3.63, 3.8) is 0 Å². The number of fused-ring (bicyclic) bond motifs is 1. The quantitative estimate of drug-likeness (QED) is 0.606. The second kappa shape index (κ2) is 7.78. The van der Waals surface area contributed by atoms with Gasteiger partial charge in [0.1, 0.15) is 12.0 Å². The first-order chi connectivity index (χ1) is 14.0. The molecule has 0 N–H and O–H groups in total. The summed E-state index contributed by atoms with van der Waals surface area (Å²) in [5.74, 6) is 0.0328. The molecule has 160 valence electrons. The zero-order valence-corrected chi connectivity index (χ0v) is 17.4. The van der Waals surface area contributed by atoms with E-state index in [0.29, 0.717) is 35.9 Å². The average Bonchev–Trinajstić information content (AvgIpc) is 2.65. The lowest BCUT2D eigenvalue weighted by Gasteiger charge is -2.39. The number of halogens is 3. The molecule has 0 saturated carbocycles. The lowest BCUT2D eigenvalue weighted by Crippen LogP contribution is -2.41. The first-order valence-corrected chi connectivity index (χ1v) is 9.71. The van der Waals surface area contributed by atoms with E-state index in [0.717, 1.165) is 16.8 Å². The standard InChI is InChI=1S/C23H24F3NO3/c1-5-27-19-10-16(14(2)8-18(19)22(3,4)11-21(27)29)17-9-15(12-28)6-7-20(17)30-13-23(24,25)26/h6-10,12H,5,11,13H2,1-4H3. The van der Waals surface area contributed by atoms with Crippen molar-refractivity contribution in [3.05, 3.63) is 47.0 Å². The highest BCUT2D eigenvalue weighted by Gasteiger charge is 2.37. The maximum absolute atomic E-state index is 12.7. The van der Waals surface area contributed by atoms with Gasteiger partial charge in [-0.05, 0) is 54.8 Å². The number of carbonyl (C=O) groups is 2. The number of ether oxygens (including phenoxy) is 1. The van der Waals surface area contributed by atoms with Gasteiger partial charge in [-0.25, -0.2) is 0 Å². The number of benzene rings is 2. The Labute approximate surface area is 173 Å². The van der Waals surface area contributed by atoms with Crippen LogP contribution in [0.1, 0.15) is 48.7 Å². The minimum Gasteiger partial charge on any atom is -0.483 e. The lowest BCUT2D eigenvalue weighted by molar-refractivity contribution is -0.153. The molecule has 0 bridgehead atoms. The normalized spacial score (nSPS) is 15.7. The van der Waals surface area contributed by atoms with E-state index in [1.54, 1.807) is 4.90 Å². The zero-order valence-electron chi connectivity index (χ0n) is 17.4. The van der Waals surface area contributed by atoms with Gasteiger partial charge in [-0.15, -0.1) is 0 Å². The van der Waals surface area contributed by atoms with Crippen molar-refractivity contribution in [1.82, 2.24) is 0 Å². The smallest absolute Gasteiger partial charge is 0.422 e. The van der Waals surface area contributed by atoms with Gasteiger partial charge in [0, 0.05) is 35.2 Å². The molecule has 0 spiro atoms. The van der Waals surface area contributed by atoms with Crippen LogP contribution in [0.3, 0.4) is 0 Å². The van der Waals surface area contributed by atoms with Crippen LogP contribution in [0.25, 0.3) is 11.1 Å². The van der Waals surface area contributed by atoms with Crippen LogP contribution in [0, 0.1) is 6.92 Å². The fraction of sp³-hybridized carbons (Fsp3) is 0.391. The van der Waals surface area contributed by atoms with Gasteiger partial charge in [-0.2, -0.15) is 13.2 Å². The zero-order chi connectivity index (χ0) is 22.3. The van der Waals surface area contributed by atoms with Crippen LogP contribution >= 0.6 is 0 Å². The minimum absolute atomic E-state index is 0.00000909. The van der Waals surface area contributed by atoms with Crippen LogP contribution in [-0.2, 0) is 10.2 Å². The molecule has 0 radical (unpaired) electrons. The van der Waals surface area contributed by atoms with E-state index >= 15 is 0 Å². The number of hydrogen-bond acceptors (Lipinski definition) is 3. The maximum Gasteiger partial charge on any atom is 0.422 e. The van der Waals surface area contributed by atoms with Gasteiger partial charge in [0.15, 0.2) is 6.61 Å². The third kappa shape index (κ3) is 4.20. The molecule has 0 aromatic heterocycles. The summed E-state index contributed by atoms with van der Waals surface area (Å²) in [4.78, 5) is 25.6. The first-order valence-electron chi connectivity index (χ1n) is 9.71. The van der Waals surface area contributed by atoms with Crippen molar-refractivity contribution in [2.45, 2.75) is 45.7 Å². The van der Waals surface area contributed by atoms with Crippen LogP contribution in [0.15, 0.2) is 30.3 Å². The summed E-state index contributed by atoms with van der Waals surface area (Å²) in [5, 5.41) is 0. The predicted octanol–water partition coefficient (Wildman–Crippen LogP) is 5.45. The Morgan fingerprint density at radius 2 is 1.87 bits per heavy atom. The summed E-state index contributed by atoms with van der Waals surface area (Å²) in [6, 6.07) is 8.09. The summed E-state index contributed by atoms with van der Waals surface area (Å²) in [5.41, 5.74) is 3.54. The summed E-state index contributed by atoms with van der Waals surface area (Å²) < 4.78 is 43.2. The number of carbonyl (C=O) groups excluding carboxylic acids is 2. The monoisotopic (exact) mass is 419 g/mol. The molecular weight excluding hydrogens is 395 g/mol. The molecule has 1 aliphatic rings. The van der Waals surface area contributed by atoms with E-state index < -0.39 is 12.8 Å². The molecule has 0 fully saturated rings. The van der Waals surface area contributed by atoms with E-state index in [9.17, 15) is 22.8 Å². The Bertz CT molecular complexity index is 996. The molecule has 1 amide bonds. The highest BCUT2D eigenvalue weighted by molar-refractivity contribution is 5.99. The molecule has 0 atom stereocenters. The van der Waals surface area contributed by atoms with E-state index in [1.807, 2.05) is 39.8 Å². The maximum atomic E-state index is 12.7. The summed E-state index contributed by atoms with van der Waals surface area (Å²) in [7, 11) is 0.